The molecule has 1 saturated heterocycles. The summed E-state index contributed by atoms with van der Waals surface area (Å²) in [6.07, 6.45) is 3.83. The molecule has 11 heteroatoms. The minimum absolute atomic E-state index is 0.256. The molecule has 2 aromatic heterocycles. The molecule has 0 unspecified atom stereocenters. The van der Waals surface area contributed by atoms with Crippen molar-refractivity contribution in [2.75, 3.05) is 38.6 Å². The highest BCUT2D eigenvalue weighted by Gasteiger charge is 2.18. The van der Waals surface area contributed by atoms with E-state index < -0.39 is 23.2 Å². The summed E-state index contributed by atoms with van der Waals surface area (Å²) in [6, 6.07) is 7.35. The van der Waals surface area contributed by atoms with Crippen LogP contribution in [0.3, 0.4) is 0 Å². The lowest BCUT2D eigenvalue weighted by Gasteiger charge is -2.26. The summed E-state index contributed by atoms with van der Waals surface area (Å²) < 4.78 is 7.31. The molecule has 0 spiro atoms. The molecule has 3 aromatic rings. The lowest BCUT2D eigenvalue weighted by Crippen LogP contribution is -2.38. The summed E-state index contributed by atoms with van der Waals surface area (Å²) in [6.45, 7) is 6.95. The van der Waals surface area contributed by atoms with Gasteiger partial charge in [-0.05, 0) is 24.1 Å². The van der Waals surface area contributed by atoms with Gasteiger partial charge >= 0.3 is 5.69 Å². The lowest BCUT2D eigenvalue weighted by atomic mass is 10.0. The van der Waals surface area contributed by atoms with Gasteiger partial charge in [-0.2, -0.15) is 5.10 Å². The molecule has 3 heterocycles. The molecule has 4 rings (SSSR count). The second-order valence-corrected chi connectivity index (χ2v) is 7.96. The molecule has 174 valence electrons. The number of amides is 1. The maximum absolute atomic E-state index is 12.6. The van der Waals surface area contributed by atoms with Crippen molar-refractivity contribution < 1.29 is 9.53 Å². The Morgan fingerprint density at radius 1 is 1.21 bits per heavy atom. The van der Waals surface area contributed by atoms with E-state index in [0.29, 0.717) is 0 Å². The van der Waals surface area contributed by atoms with Gasteiger partial charge in [0.05, 0.1) is 32.0 Å². The van der Waals surface area contributed by atoms with Gasteiger partial charge in [-0.25, -0.2) is 4.79 Å². The summed E-state index contributed by atoms with van der Waals surface area (Å²) in [4.78, 5) is 42.4. The van der Waals surface area contributed by atoms with Gasteiger partial charge in [0.1, 0.15) is 11.4 Å². The van der Waals surface area contributed by atoms with Crippen molar-refractivity contribution in [3.8, 4) is 11.1 Å². The number of aromatic amines is 2. The molecule has 33 heavy (non-hydrogen) atoms. The number of carbonyl (C=O) groups is 1. The van der Waals surface area contributed by atoms with Crippen LogP contribution in [-0.2, 0) is 11.3 Å². The minimum atomic E-state index is -0.802. The van der Waals surface area contributed by atoms with Crippen LogP contribution in [0.5, 0.6) is 0 Å². The Balaban J connectivity index is 1.43. The van der Waals surface area contributed by atoms with Gasteiger partial charge in [0, 0.05) is 31.4 Å². The van der Waals surface area contributed by atoms with Crippen LogP contribution in [0, 0.1) is 0 Å². The molecule has 11 nitrogen and oxygen atoms in total. The summed E-state index contributed by atoms with van der Waals surface area (Å²) in [5, 5.41) is 7.24. The van der Waals surface area contributed by atoms with E-state index >= 15 is 0 Å². The first kappa shape index (κ1) is 22.5. The molecule has 0 saturated carbocycles. The Bertz CT molecular complexity index is 1240. The molecule has 1 amide bonds. The van der Waals surface area contributed by atoms with Gasteiger partial charge in [0.25, 0.3) is 11.5 Å². The zero-order chi connectivity index (χ0) is 23.4. The maximum atomic E-state index is 12.6. The number of benzene rings is 1. The number of nitrogens with two attached hydrogens (primary N) is 1. The average molecular weight is 454 g/mol. The normalized spacial score (nSPS) is 15.3. The fraction of sp³-hybridized carbons (Fsp3) is 0.364. The van der Waals surface area contributed by atoms with Crippen LogP contribution in [0.2, 0.25) is 0 Å². The van der Waals surface area contributed by atoms with Gasteiger partial charge in [0.15, 0.2) is 0 Å². The molecule has 0 radical (unpaired) electrons. The van der Waals surface area contributed by atoms with Crippen molar-refractivity contribution in [3.63, 3.8) is 0 Å². The molecule has 5 N–H and O–H groups in total. The van der Waals surface area contributed by atoms with Gasteiger partial charge < -0.3 is 20.8 Å². The Morgan fingerprint density at radius 3 is 2.79 bits per heavy atom. The van der Waals surface area contributed by atoms with E-state index in [0.717, 1.165) is 56.1 Å². The second-order valence-electron chi connectivity index (χ2n) is 7.96. The number of nitrogens with one attached hydrogen (secondary N) is 3. The zero-order valence-electron chi connectivity index (χ0n) is 18.3. The SMILES string of the molecule is C[C@@H](NC(=O)c1[nH]c(=O)[nH]c(=O)c1N)c1cccc(-c2cnn(CCN3CCOCC3)c2)c1. The smallest absolute Gasteiger partial charge is 0.326 e. The molecular formula is C22H27N7O4. The number of morpholine rings is 1. The molecule has 1 aromatic carbocycles. The number of hydrogen-bond acceptors (Lipinski definition) is 7. The van der Waals surface area contributed by atoms with Crippen LogP contribution < -0.4 is 22.3 Å². The van der Waals surface area contributed by atoms with Crippen molar-refractivity contribution in [3.05, 3.63) is 68.8 Å². The molecule has 0 bridgehead atoms. The average Bonchev–Trinajstić information content (AvgIpc) is 3.30. The Labute approximate surface area is 189 Å². The monoisotopic (exact) mass is 453 g/mol. The van der Waals surface area contributed by atoms with E-state index in [4.69, 9.17) is 10.5 Å². The lowest BCUT2D eigenvalue weighted by molar-refractivity contribution is 0.0360. The summed E-state index contributed by atoms with van der Waals surface area (Å²) in [5.74, 6) is -0.635. The highest BCUT2D eigenvalue weighted by Crippen LogP contribution is 2.23. The number of rotatable bonds is 7. The molecule has 1 fully saturated rings. The van der Waals surface area contributed by atoms with Gasteiger partial charge in [-0.15, -0.1) is 0 Å². The van der Waals surface area contributed by atoms with Crippen LogP contribution in [0.4, 0.5) is 5.69 Å². The number of H-pyrrole nitrogens is 2. The molecule has 1 aliphatic rings. The first-order valence-corrected chi connectivity index (χ1v) is 10.8. The van der Waals surface area contributed by atoms with Crippen LogP contribution in [-0.4, -0.2) is 63.4 Å². The number of nitrogen functional groups attached to an aromatic ring is 1. The van der Waals surface area contributed by atoms with Crippen molar-refractivity contribution >= 4 is 11.6 Å². The first-order chi connectivity index (χ1) is 15.9. The Hall–Kier alpha value is -3.70. The van der Waals surface area contributed by atoms with E-state index in [9.17, 15) is 14.4 Å². The highest BCUT2D eigenvalue weighted by molar-refractivity contribution is 5.97. The van der Waals surface area contributed by atoms with Crippen LogP contribution >= 0.6 is 0 Å². The maximum Gasteiger partial charge on any atom is 0.326 e. The largest absolute Gasteiger partial charge is 0.392 e. The van der Waals surface area contributed by atoms with Gasteiger partial charge in [-0.3, -0.25) is 24.2 Å². The van der Waals surface area contributed by atoms with E-state index in [2.05, 4.69) is 20.3 Å². The van der Waals surface area contributed by atoms with E-state index in [1.807, 2.05) is 53.2 Å². The van der Waals surface area contributed by atoms with Crippen molar-refractivity contribution in [1.29, 1.82) is 0 Å². The number of aromatic nitrogens is 4. The third kappa shape index (κ3) is 5.38. The third-order valence-corrected chi connectivity index (χ3v) is 5.66. The van der Waals surface area contributed by atoms with Gasteiger partial charge in [0.2, 0.25) is 0 Å². The molecule has 0 aliphatic carbocycles. The fourth-order valence-corrected chi connectivity index (χ4v) is 3.72. The number of carbonyl (C=O) groups excluding carboxylic acids is 1. The third-order valence-electron chi connectivity index (χ3n) is 5.66. The molecular weight excluding hydrogens is 426 g/mol. The Kier molecular flexibility index (Phi) is 6.71. The molecule has 1 aliphatic heterocycles. The second kappa shape index (κ2) is 9.84. The van der Waals surface area contributed by atoms with Crippen LogP contribution in [0.1, 0.15) is 29.0 Å². The predicted octanol–water partition coefficient (Wildman–Crippen LogP) is 0.332. The van der Waals surface area contributed by atoms with E-state index in [-0.39, 0.29) is 11.4 Å². The van der Waals surface area contributed by atoms with Crippen molar-refractivity contribution in [1.82, 2.24) is 30.0 Å². The number of ether oxygens (including phenoxy) is 1. The summed E-state index contributed by atoms with van der Waals surface area (Å²) in [7, 11) is 0. The van der Waals surface area contributed by atoms with Crippen LogP contribution in [0.15, 0.2) is 46.2 Å². The standard InChI is InChI=1S/C22H27N7O4/c1-14(25-21(31)19-18(23)20(30)27-22(32)26-19)15-3-2-4-16(11-15)17-12-24-29(13-17)6-5-28-7-9-33-10-8-28/h2-4,11-14H,5-10,23H2,1H3,(H,25,31)(H2,26,27,30,32)/t14-/m1/s1. The fourth-order valence-electron chi connectivity index (χ4n) is 3.72. The van der Waals surface area contributed by atoms with E-state index in [1.54, 1.807) is 0 Å². The molecule has 1 atom stereocenters. The van der Waals surface area contributed by atoms with Crippen molar-refractivity contribution in [2.45, 2.75) is 19.5 Å². The zero-order valence-corrected chi connectivity index (χ0v) is 18.3. The van der Waals surface area contributed by atoms with E-state index in [1.165, 1.54) is 0 Å². The van der Waals surface area contributed by atoms with Crippen molar-refractivity contribution in [2.24, 2.45) is 0 Å². The quantitative estimate of drug-likeness (QED) is 0.402. The van der Waals surface area contributed by atoms with Crippen LogP contribution in [0.25, 0.3) is 11.1 Å². The minimum Gasteiger partial charge on any atom is -0.392 e. The summed E-state index contributed by atoms with van der Waals surface area (Å²) in [5.41, 5.74) is 6.26. The highest BCUT2D eigenvalue weighted by atomic mass is 16.5. The number of hydrogen-bond donors (Lipinski definition) is 4. The number of nitrogens with zero attached hydrogens (tertiary/aromatic N) is 3. The summed E-state index contributed by atoms with van der Waals surface area (Å²) >= 11 is 0. The number of anilines is 1. The topological polar surface area (TPSA) is 151 Å². The predicted molar refractivity (Wildman–Crippen MR) is 123 cm³/mol. The Morgan fingerprint density at radius 2 is 2.00 bits per heavy atom. The first-order valence-electron chi connectivity index (χ1n) is 10.8. The van der Waals surface area contributed by atoms with Gasteiger partial charge in [-0.1, -0.05) is 18.2 Å².